The molecule has 2 unspecified atom stereocenters. The Morgan fingerprint density at radius 3 is 2.73 bits per heavy atom. The van der Waals surface area contributed by atoms with Gasteiger partial charge in [-0.1, -0.05) is 18.2 Å². The molecule has 5 nitrogen and oxygen atoms in total. The maximum Gasteiger partial charge on any atom is 0.228 e. The van der Waals surface area contributed by atoms with Gasteiger partial charge in [0, 0.05) is 49.5 Å². The van der Waals surface area contributed by atoms with Crippen LogP contribution in [0, 0.1) is 12.8 Å². The molecule has 1 amide bonds. The molecule has 0 spiro atoms. The molecular formula is C25H31N3O2. The highest BCUT2D eigenvalue weighted by Gasteiger charge is 2.48. The number of unbranched alkanes of at least 4 members (excludes halogenated alkanes) is 1. The van der Waals surface area contributed by atoms with Crippen molar-refractivity contribution in [1.29, 1.82) is 0 Å². The predicted molar refractivity (Wildman–Crippen MR) is 120 cm³/mol. The Kier molecular flexibility index (Phi) is 5.38. The van der Waals surface area contributed by atoms with E-state index < -0.39 is 0 Å². The molecule has 1 saturated carbocycles. The van der Waals surface area contributed by atoms with Gasteiger partial charge in [0.15, 0.2) is 0 Å². The van der Waals surface area contributed by atoms with Crippen LogP contribution in [0.25, 0.3) is 0 Å². The molecule has 2 aromatic rings. The Balaban J connectivity index is 1.01. The first kappa shape index (κ1) is 19.4. The number of nitrogens with one attached hydrogen (secondary N) is 1. The van der Waals surface area contributed by atoms with Crippen molar-refractivity contribution in [3.05, 3.63) is 53.6 Å². The number of fused-ring (bicyclic) bond motifs is 3. The van der Waals surface area contributed by atoms with E-state index in [1.54, 1.807) is 0 Å². The van der Waals surface area contributed by atoms with Crippen molar-refractivity contribution < 1.29 is 9.53 Å². The van der Waals surface area contributed by atoms with Crippen LogP contribution in [0.4, 0.5) is 11.4 Å². The third-order valence-electron chi connectivity index (χ3n) is 6.69. The van der Waals surface area contributed by atoms with E-state index in [0.29, 0.717) is 5.92 Å². The fourth-order valence-electron chi connectivity index (χ4n) is 4.79. The quantitative estimate of drug-likeness (QED) is 0.707. The molecule has 1 N–H and O–H groups in total. The molecule has 3 aliphatic rings. The number of nitrogens with zero attached hydrogens (tertiary/aromatic N) is 2. The number of anilines is 2. The first-order valence-electron chi connectivity index (χ1n) is 11.3. The largest absolute Gasteiger partial charge is 0.494 e. The zero-order chi connectivity index (χ0) is 20.5. The Morgan fingerprint density at radius 1 is 1.03 bits per heavy atom. The van der Waals surface area contributed by atoms with Gasteiger partial charge in [0.2, 0.25) is 5.91 Å². The Hall–Kier alpha value is -2.53. The van der Waals surface area contributed by atoms with E-state index in [4.69, 9.17) is 4.74 Å². The van der Waals surface area contributed by atoms with Crippen molar-refractivity contribution in [3.8, 4) is 5.75 Å². The molecule has 0 bridgehead atoms. The third-order valence-corrected chi connectivity index (χ3v) is 6.69. The average molecular weight is 406 g/mol. The number of carbonyl (C=O) groups is 1. The van der Waals surface area contributed by atoms with Gasteiger partial charge in [-0.05, 0) is 68.0 Å². The van der Waals surface area contributed by atoms with Crippen LogP contribution in [0.15, 0.2) is 42.5 Å². The van der Waals surface area contributed by atoms with Crippen molar-refractivity contribution in [2.24, 2.45) is 5.92 Å². The predicted octanol–water partition coefficient (Wildman–Crippen LogP) is 4.03. The standard InChI is InChI=1S/C25H31N3O2/c1-18-5-4-6-19(15-18)28-12-10-27(11-13-28)9-2-3-14-30-20-7-8-21-22-17-23(22)25(29)26-24(21)16-20/h4-8,15-16,22-23H,2-3,9-14,17H2,1H3,(H,26,29). The molecular weight excluding hydrogens is 374 g/mol. The highest BCUT2D eigenvalue weighted by molar-refractivity contribution is 5.99. The fraction of sp³-hybridized carbons (Fsp3) is 0.480. The molecule has 2 fully saturated rings. The second-order valence-electron chi connectivity index (χ2n) is 8.91. The molecule has 1 saturated heterocycles. The summed E-state index contributed by atoms with van der Waals surface area (Å²) in [7, 11) is 0. The highest BCUT2D eigenvalue weighted by atomic mass is 16.5. The Labute approximate surface area is 179 Å². The minimum Gasteiger partial charge on any atom is -0.494 e. The van der Waals surface area contributed by atoms with Crippen LogP contribution in [0.1, 0.15) is 36.3 Å². The van der Waals surface area contributed by atoms with E-state index in [0.717, 1.165) is 70.0 Å². The molecule has 1 aliphatic carbocycles. The number of piperazine rings is 1. The SMILES string of the molecule is Cc1cccc(N2CCN(CCCCOc3ccc4c(c3)NC(=O)C3CC43)CC2)c1. The van der Waals surface area contributed by atoms with Crippen LogP contribution in [-0.2, 0) is 4.79 Å². The van der Waals surface area contributed by atoms with Crippen LogP contribution in [0.2, 0.25) is 0 Å². The number of hydrogen-bond donors (Lipinski definition) is 1. The van der Waals surface area contributed by atoms with Gasteiger partial charge in [-0.3, -0.25) is 9.69 Å². The van der Waals surface area contributed by atoms with Crippen LogP contribution < -0.4 is 15.0 Å². The second-order valence-corrected chi connectivity index (χ2v) is 8.91. The minimum absolute atomic E-state index is 0.173. The number of carbonyl (C=O) groups excluding carboxylic acids is 1. The van der Waals surface area contributed by atoms with Crippen molar-refractivity contribution in [2.75, 3.05) is 49.5 Å². The maximum atomic E-state index is 11.9. The molecule has 2 heterocycles. The van der Waals surface area contributed by atoms with Crippen molar-refractivity contribution in [1.82, 2.24) is 4.90 Å². The third kappa shape index (κ3) is 4.17. The summed E-state index contributed by atoms with van der Waals surface area (Å²) in [4.78, 5) is 17.0. The lowest BCUT2D eigenvalue weighted by atomic mass is 10.0. The number of aryl methyl sites for hydroxylation is 1. The summed E-state index contributed by atoms with van der Waals surface area (Å²) in [6.45, 7) is 8.47. The summed E-state index contributed by atoms with van der Waals surface area (Å²) < 4.78 is 5.95. The summed E-state index contributed by atoms with van der Waals surface area (Å²) in [5.74, 6) is 1.68. The lowest BCUT2D eigenvalue weighted by Crippen LogP contribution is -2.46. The lowest BCUT2D eigenvalue weighted by Gasteiger charge is -2.36. The van der Waals surface area contributed by atoms with Crippen molar-refractivity contribution in [3.63, 3.8) is 0 Å². The van der Waals surface area contributed by atoms with Crippen LogP contribution in [0.5, 0.6) is 5.75 Å². The van der Waals surface area contributed by atoms with Gasteiger partial charge in [-0.2, -0.15) is 0 Å². The van der Waals surface area contributed by atoms with Gasteiger partial charge >= 0.3 is 0 Å². The minimum atomic E-state index is 0.173. The molecule has 2 atom stereocenters. The number of amides is 1. The van der Waals surface area contributed by atoms with Crippen LogP contribution in [0.3, 0.4) is 0 Å². The van der Waals surface area contributed by atoms with Gasteiger partial charge in [0.25, 0.3) is 0 Å². The molecule has 30 heavy (non-hydrogen) atoms. The normalized spacial score (nSPS) is 22.8. The van der Waals surface area contributed by atoms with Crippen molar-refractivity contribution >= 4 is 17.3 Å². The smallest absolute Gasteiger partial charge is 0.228 e. The number of rotatable bonds is 7. The highest BCUT2D eigenvalue weighted by Crippen LogP contribution is 2.53. The topological polar surface area (TPSA) is 44.8 Å². The summed E-state index contributed by atoms with van der Waals surface area (Å²) in [5, 5.41) is 3.03. The molecule has 5 rings (SSSR count). The summed E-state index contributed by atoms with van der Waals surface area (Å²) in [5.41, 5.74) is 4.90. The van der Waals surface area contributed by atoms with E-state index in [-0.39, 0.29) is 11.8 Å². The summed E-state index contributed by atoms with van der Waals surface area (Å²) in [6.07, 6.45) is 3.19. The second kappa shape index (κ2) is 8.31. The van der Waals surface area contributed by atoms with Gasteiger partial charge in [-0.25, -0.2) is 0 Å². The zero-order valence-corrected chi connectivity index (χ0v) is 17.8. The van der Waals surface area contributed by atoms with Crippen LogP contribution >= 0.6 is 0 Å². The maximum absolute atomic E-state index is 11.9. The number of hydrogen-bond acceptors (Lipinski definition) is 4. The molecule has 5 heteroatoms. The lowest BCUT2D eigenvalue weighted by molar-refractivity contribution is -0.117. The molecule has 2 aromatic carbocycles. The molecule has 0 aromatic heterocycles. The van der Waals surface area contributed by atoms with E-state index in [9.17, 15) is 4.79 Å². The average Bonchev–Trinajstić information content (AvgIpc) is 3.56. The molecule has 0 radical (unpaired) electrons. The number of ether oxygens (including phenoxy) is 1. The van der Waals surface area contributed by atoms with Gasteiger partial charge < -0.3 is 15.0 Å². The molecule has 158 valence electrons. The molecule has 2 aliphatic heterocycles. The van der Waals surface area contributed by atoms with E-state index in [1.807, 2.05) is 6.07 Å². The van der Waals surface area contributed by atoms with Gasteiger partial charge in [-0.15, -0.1) is 0 Å². The zero-order valence-electron chi connectivity index (χ0n) is 17.8. The monoisotopic (exact) mass is 405 g/mol. The summed E-state index contributed by atoms with van der Waals surface area (Å²) in [6, 6.07) is 15.0. The van der Waals surface area contributed by atoms with Gasteiger partial charge in [0.05, 0.1) is 6.61 Å². The van der Waals surface area contributed by atoms with Crippen LogP contribution in [-0.4, -0.2) is 50.1 Å². The number of benzene rings is 2. The first-order chi connectivity index (χ1) is 14.7. The fourth-order valence-corrected chi connectivity index (χ4v) is 4.79. The van der Waals surface area contributed by atoms with Crippen molar-refractivity contribution in [2.45, 2.75) is 32.1 Å². The summed E-state index contributed by atoms with van der Waals surface area (Å²) >= 11 is 0. The van der Waals surface area contributed by atoms with E-state index >= 15 is 0 Å². The van der Waals surface area contributed by atoms with E-state index in [1.165, 1.54) is 16.8 Å². The Bertz CT molecular complexity index is 920. The first-order valence-corrected chi connectivity index (χ1v) is 11.3. The Morgan fingerprint density at radius 2 is 1.90 bits per heavy atom. The van der Waals surface area contributed by atoms with E-state index in [2.05, 4.69) is 58.4 Å². The van der Waals surface area contributed by atoms with Gasteiger partial charge in [0.1, 0.15) is 5.75 Å².